The monoisotopic (exact) mass is 275 g/mol. The van der Waals surface area contributed by atoms with Gasteiger partial charge in [0.2, 0.25) is 5.91 Å². The Balaban J connectivity index is 2.15. The molecule has 20 heavy (non-hydrogen) atoms. The van der Waals surface area contributed by atoms with Gasteiger partial charge in [0.15, 0.2) is 0 Å². The number of aromatic carboxylic acids is 1. The second-order valence-corrected chi connectivity index (χ2v) is 4.25. The van der Waals surface area contributed by atoms with Crippen molar-refractivity contribution in [3.63, 3.8) is 0 Å². The number of hydrogen-bond acceptors (Lipinski definition) is 5. The molecule has 1 amide bonds. The summed E-state index contributed by atoms with van der Waals surface area (Å²) in [6.07, 6.45) is 2.72. The number of rotatable bonds is 4. The topological polar surface area (TPSA) is 105 Å². The zero-order chi connectivity index (χ0) is 14.7. The molecule has 0 spiro atoms. The molecule has 0 fully saturated rings. The molecule has 2 heterocycles. The molecule has 0 unspecified atom stereocenters. The Labute approximate surface area is 114 Å². The van der Waals surface area contributed by atoms with Crippen molar-refractivity contribution in [2.45, 2.75) is 20.3 Å². The standard InChI is InChI=1S/C13H13N3O4/c1-7-10(8(2)20-16-7)5-12(17)15-11-6-14-4-3-9(11)13(18)19/h3-4,6H,5H2,1-2H3,(H,15,17)(H,18,19). The number of anilines is 1. The Hall–Kier alpha value is -2.70. The first-order valence-corrected chi connectivity index (χ1v) is 5.88. The van der Waals surface area contributed by atoms with Gasteiger partial charge in [-0.15, -0.1) is 0 Å². The molecule has 0 bridgehead atoms. The molecule has 2 aromatic rings. The van der Waals surface area contributed by atoms with E-state index in [9.17, 15) is 9.59 Å². The van der Waals surface area contributed by atoms with E-state index in [0.29, 0.717) is 17.0 Å². The van der Waals surface area contributed by atoms with Crippen LogP contribution in [0, 0.1) is 13.8 Å². The Morgan fingerprint density at radius 3 is 2.75 bits per heavy atom. The molecule has 104 valence electrons. The fourth-order valence-electron chi connectivity index (χ4n) is 1.79. The molecule has 2 aromatic heterocycles. The molecule has 7 heteroatoms. The lowest BCUT2D eigenvalue weighted by Gasteiger charge is -2.07. The summed E-state index contributed by atoms with van der Waals surface area (Å²) >= 11 is 0. The lowest BCUT2D eigenvalue weighted by atomic mass is 10.1. The number of aromatic nitrogens is 2. The van der Waals surface area contributed by atoms with Crippen LogP contribution >= 0.6 is 0 Å². The first-order valence-electron chi connectivity index (χ1n) is 5.88. The van der Waals surface area contributed by atoms with Crippen LogP contribution in [0.5, 0.6) is 0 Å². The van der Waals surface area contributed by atoms with Gasteiger partial charge in [0.05, 0.1) is 29.6 Å². The van der Waals surface area contributed by atoms with Crippen molar-refractivity contribution in [2.75, 3.05) is 5.32 Å². The summed E-state index contributed by atoms with van der Waals surface area (Å²) in [5.41, 5.74) is 1.49. The molecule has 7 nitrogen and oxygen atoms in total. The smallest absolute Gasteiger partial charge is 0.337 e. The number of nitrogens with zero attached hydrogens (tertiary/aromatic N) is 2. The van der Waals surface area contributed by atoms with E-state index >= 15 is 0 Å². The van der Waals surface area contributed by atoms with E-state index in [0.717, 1.165) is 0 Å². The number of pyridine rings is 1. The molecule has 0 radical (unpaired) electrons. The molecule has 0 aliphatic rings. The van der Waals surface area contributed by atoms with Crippen molar-refractivity contribution in [3.8, 4) is 0 Å². The van der Waals surface area contributed by atoms with Gasteiger partial charge in [-0.3, -0.25) is 9.78 Å². The molecular formula is C13H13N3O4. The molecule has 0 atom stereocenters. The van der Waals surface area contributed by atoms with Crippen molar-refractivity contribution in [1.29, 1.82) is 0 Å². The normalized spacial score (nSPS) is 10.3. The first kappa shape index (κ1) is 13.7. The minimum atomic E-state index is -1.12. The average molecular weight is 275 g/mol. The van der Waals surface area contributed by atoms with Gasteiger partial charge in [-0.2, -0.15) is 0 Å². The van der Waals surface area contributed by atoms with E-state index in [4.69, 9.17) is 9.63 Å². The summed E-state index contributed by atoms with van der Waals surface area (Å²) < 4.78 is 4.97. The van der Waals surface area contributed by atoms with Crippen LogP contribution in [0.2, 0.25) is 0 Å². The van der Waals surface area contributed by atoms with Gasteiger partial charge in [-0.05, 0) is 19.9 Å². The van der Waals surface area contributed by atoms with Crippen LogP contribution in [0.1, 0.15) is 27.4 Å². The van der Waals surface area contributed by atoms with Crippen LogP contribution in [0.15, 0.2) is 23.0 Å². The first-order chi connectivity index (χ1) is 9.49. The zero-order valence-electron chi connectivity index (χ0n) is 11.0. The number of amides is 1. The summed E-state index contributed by atoms with van der Waals surface area (Å²) in [5, 5.41) is 15.3. The molecule has 2 rings (SSSR count). The van der Waals surface area contributed by atoms with Crippen molar-refractivity contribution < 1.29 is 19.2 Å². The maximum atomic E-state index is 12.0. The van der Waals surface area contributed by atoms with E-state index in [1.807, 2.05) is 0 Å². The number of nitrogens with one attached hydrogen (secondary N) is 1. The van der Waals surface area contributed by atoms with Crippen molar-refractivity contribution in [2.24, 2.45) is 0 Å². The maximum Gasteiger partial charge on any atom is 0.337 e. The highest BCUT2D eigenvalue weighted by Gasteiger charge is 2.16. The fraction of sp³-hybridized carbons (Fsp3) is 0.231. The Bertz CT molecular complexity index is 644. The summed E-state index contributed by atoms with van der Waals surface area (Å²) in [6.45, 7) is 3.46. The molecule has 0 saturated heterocycles. The van der Waals surface area contributed by atoms with Gasteiger partial charge in [0.25, 0.3) is 0 Å². The quantitative estimate of drug-likeness (QED) is 0.877. The summed E-state index contributed by atoms with van der Waals surface area (Å²) in [6, 6.07) is 1.33. The van der Waals surface area contributed by atoms with Crippen molar-refractivity contribution >= 4 is 17.6 Å². The Morgan fingerprint density at radius 1 is 1.40 bits per heavy atom. The molecule has 0 aliphatic heterocycles. The van der Waals surface area contributed by atoms with Gasteiger partial charge < -0.3 is 14.9 Å². The number of carbonyl (C=O) groups is 2. The largest absolute Gasteiger partial charge is 0.478 e. The van der Waals surface area contributed by atoms with Crippen LogP contribution in [0.4, 0.5) is 5.69 Å². The average Bonchev–Trinajstić information content (AvgIpc) is 2.71. The highest BCUT2D eigenvalue weighted by molar-refractivity contribution is 6.00. The van der Waals surface area contributed by atoms with Gasteiger partial charge in [-0.25, -0.2) is 4.79 Å². The third kappa shape index (κ3) is 2.82. The molecule has 2 N–H and O–H groups in total. The van der Waals surface area contributed by atoms with Gasteiger partial charge in [0.1, 0.15) is 5.76 Å². The number of hydrogen-bond donors (Lipinski definition) is 2. The number of carboxylic acids is 1. The summed E-state index contributed by atoms with van der Waals surface area (Å²) in [7, 11) is 0. The summed E-state index contributed by atoms with van der Waals surface area (Å²) in [4.78, 5) is 26.8. The number of aryl methyl sites for hydroxylation is 2. The maximum absolute atomic E-state index is 12.0. The third-order valence-corrected chi connectivity index (χ3v) is 2.84. The lowest BCUT2D eigenvalue weighted by Crippen LogP contribution is -2.17. The number of carbonyl (C=O) groups excluding carboxylic acids is 1. The predicted molar refractivity (Wildman–Crippen MR) is 69.5 cm³/mol. The van der Waals surface area contributed by atoms with Crippen LogP contribution in [-0.4, -0.2) is 27.1 Å². The van der Waals surface area contributed by atoms with Crippen LogP contribution < -0.4 is 5.32 Å². The van der Waals surface area contributed by atoms with Gasteiger partial charge in [-0.1, -0.05) is 5.16 Å². The highest BCUT2D eigenvalue weighted by atomic mass is 16.5. The third-order valence-electron chi connectivity index (χ3n) is 2.84. The Kier molecular flexibility index (Phi) is 3.79. The fourth-order valence-corrected chi connectivity index (χ4v) is 1.79. The zero-order valence-corrected chi connectivity index (χ0v) is 11.0. The second kappa shape index (κ2) is 5.52. The van der Waals surface area contributed by atoms with E-state index in [2.05, 4.69) is 15.5 Å². The lowest BCUT2D eigenvalue weighted by molar-refractivity contribution is -0.115. The minimum absolute atomic E-state index is 0.00730. The molecule has 0 aromatic carbocycles. The van der Waals surface area contributed by atoms with Crippen LogP contribution in [0.3, 0.4) is 0 Å². The van der Waals surface area contributed by atoms with E-state index in [1.54, 1.807) is 13.8 Å². The van der Waals surface area contributed by atoms with Crippen molar-refractivity contribution in [1.82, 2.24) is 10.1 Å². The number of carboxylic acid groups (broad SMARTS) is 1. The van der Waals surface area contributed by atoms with Crippen LogP contribution in [0.25, 0.3) is 0 Å². The minimum Gasteiger partial charge on any atom is -0.478 e. The van der Waals surface area contributed by atoms with Crippen molar-refractivity contribution in [3.05, 3.63) is 41.0 Å². The molecule has 0 aliphatic carbocycles. The van der Waals surface area contributed by atoms with Gasteiger partial charge in [0, 0.05) is 11.8 Å². The van der Waals surface area contributed by atoms with Gasteiger partial charge >= 0.3 is 5.97 Å². The summed E-state index contributed by atoms with van der Waals surface area (Å²) in [5.74, 6) is -0.905. The molecular weight excluding hydrogens is 262 g/mol. The van der Waals surface area contributed by atoms with E-state index in [-0.39, 0.29) is 23.6 Å². The predicted octanol–water partition coefficient (Wildman–Crippen LogP) is 1.57. The second-order valence-electron chi connectivity index (χ2n) is 4.25. The van der Waals surface area contributed by atoms with E-state index < -0.39 is 5.97 Å². The van der Waals surface area contributed by atoms with E-state index in [1.165, 1.54) is 18.5 Å². The van der Waals surface area contributed by atoms with Crippen LogP contribution in [-0.2, 0) is 11.2 Å². The SMILES string of the molecule is Cc1noc(C)c1CC(=O)Nc1cnccc1C(=O)O. The highest BCUT2D eigenvalue weighted by Crippen LogP contribution is 2.16. The Morgan fingerprint density at radius 2 is 2.15 bits per heavy atom. The molecule has 0 saturated carbocycles.